The summed E-state index contributed by atoms with van der Waals surface area (Å²) < 4.78 is 6.06. The third-order valence-corrected chi connectivity index (χ3v) is 12.3. The lowest BCUT2D eigenvalue weighted by molar-refractivity contribution is -0.384. The summed E-state index contributed by atoms with van der Waals surface area (Å²) in [5.74, 6) is -6.28. The number of nitro benzene ring substituents is 1. The fourth-order valence-corrected chi connectivity index (χ4v) is 9.87. The number of benzene rings is 5. The molecule has 1 saturated carbocycles. The molecule has 9 rings (SSSR count). The Hall–Kier alpha value is -6.59. The first-order valence-corrected chi connectivity index (χ1v) is 19.0. The molecule has 2 aliphatic carbocycles. The Morgan fingerprint density at radius 3 is 2.18 bits per heavy atom. The van der Waals surface area contributed by atoms with E-state index >= 15 is 9.59 Å². The summed E-state index contributed by atoms with van der Waals surface area (Å²) in [6, 6.07) is 35.4. The van der Waals surface area contributed by atoms with Gasteiger partial charge in [0.15, 0.2) is 0 Å². The molecule has 0 spiro atoms. The van der Waals surface area contributed by atoms with Crippen LogP contribution in [0.15, 0.2) is 139 Å². The van der Waals surface area contributed by atoms with Gasteiger partial charge in [-0.25, -0.2) is 9.80 Å². The molecule has 5 aromatic rings. The molecule has 0 radical (unpaired) electrons. The number of rotatable bonds is 8. The molecule has 0 aromatic heterocycles. The predicted octanol–water partition coefficient (Wildman–Crippen LogP) is 7.90. The number of allylic oxidation sites excluding steroid dienone is 2. The predicted molar refractivity (Wildman–Crippen MR) is 211 cm³/mol. The maximum Gasteiger partial charge on any atom is 0.271 e. The normalized spacial score (nSPS) is 25.1. The quantitative estimate of drug-likeness (QED) is 0.0724. The zero-order valence-corrected chi connectivity index (χ0v) is 31.0. The fraction of sp³-hybridized carbons (Fsp3) is 0.200. The fourth-order valence-electron chi connectivity index (χ4n) is 9.69. The molecule has 6 unspecified atom stereocenters. The van der Waals surface area contributed by atoms with E-state index in [0.717, 1.165) is 15.4 Å². The Kier molecular flexibility index (Phi) is 8.77. The minimum absolute atomic E-state index is 0.0425. The number of anilines is 2. The van der Waals surface area contributed by atoms with E-state index in [-0.39, 0.29) is 42.3 Å². The van der Waals surface area contributed by atoms with Crippen molar-refractivity contribution in [2.24, 2.45) is 23.7 Å². The monoisotopic (exact) mass is 779 g/mol. The van der Waals surface area contributed by atoms with Gasteiger partial charge < -0.3 is 9.84 Å². The smallest absolute Gasteiger partial charge is 0.271 e. The second-order valence-electron chi connectivity index (χ2n) is 14.9. The first-order valence-electron chi connectivity index (χ1n) is 18.6. The highest BCUT2D eigenvalue weighted by atomic mass is 35.5. The van der Waals surface area contributed by atoms with E-state index in [1.807, 2.05) is 54.6 Å². The molecule has 1 N–H and O–H groups in total. The molecule has 2 aliphatic heterocycles. The van der Waals surface area contributed by atoms with Gasteiger partial charge in [0, 0.05) is 34.7 Å². The number of fused-ring (bicyclic) bond motifs is 4. The third kappa shape index (κ3) is 5.63. The number of aromatic hydroxyl groups is 1. The van der Waals surface area contributed by atoms with Crippen molar-refractivity contribution in [1.82, 2.24) is 0 Å². The van der Waals surface area contributed by atoms with Crippen LogP contribution in [0.5, 0.6) is 11.5 Å². The number of halogens is 1. The highest BCUT2D eigenvalue weighted by molar-refractivity contribution is 6.32. The SMILES string of the molecule is O=C1C2CC=C3C(CC4C(=O)N(c5cccc(Cl)c5)C(=O)C4(c4ccccc4)C3c3ccc(OCc4ccccc4)cc3O)C2C(=O)N1c1cccc([N+](=O)[O-])c1. The molecule has 2 heterocycles. The lowest BCUT2D eigenvalue weighted by Crippen LogP contribution is -2.53. The zero-order valence-electron chi connectivity index (χ0n) is 30.2. The van der Waals surface area contributed by atoms with Crippen molar-refractivity contribution < 1.29 is 33.9 Å². The molecule has 4 aliphatic rings. The van der Waals surface area contributed by atoms with Gasteiger partial charge in [-0.15, -0.1) is 0 Å². The Morgan fingerprint density at radius 2 is 1.47 bits per heavy atom. The van der Waals surface area contributed by atoms with E-state index in [2.05, 4.69) is 0 Å². The number of carbonyl (C=O) groups excluding carboxylic acids is 4. The molecule has 284 valence electrons. The minimum Gasteiger partial charge on any atom is -0.508 e. The lowest BCUT2D eigenvalue weighted by atomic mass is 9.49. The number of ether oxygens (including phenoxy) is 1. The van der Waals surface area contributed by atoms with Crippen LogP contribution in [-0.4, -0.2) is 33.7 Å². The van der Waals surface area contributed by atoms with Crippen LogP contribution in [0, 0.1) is 33.8 Å². The van der Waals surface area contributed by atoms with E-state index in [0.29, 0.717) is 27.5 Å². The van der Waals surface area contributed by atoms with E-state index in [9.17, 15) is 24.8 Å². The van der Waals surface area contributed by atoms with Crippen LogP contribution < -0.4 is 14.5 Å². The van der Waals surface area contributed by atoms with E-state index in [1.165, 1.54) is 30.3 Å². The molecule has 5 aromatic carbocycles. The number of amides is 4. The highest BCUT2D eigenvalue weighted by Gasteiger charge is 2.70. The van der Waals surface area contributed by atoms with Crippen molar-refractivity contribution in [2.45, 2.75) is 30.8 Å². The molecule has 3 fully saturated rings. The standard InChI is InChI=1S/C45H34ClN3O8/c46-28-13-7-14-29(21-28)48-42(52)37-24-36-33(19-20-35-39(36)43(53)47(41(35)51)30-15-8-16-31(22-30)49(55)56)40(45(37,44(48)54)27-11-5-2-6-12-27)34-18-17-32(23-38(34)50)57-25-26-9-3-1-4-10-26/h1-19,21-23,35-37,39-40,50H,20,24-25H2. The van der Waals surface area contributed by atoms with Crippen LogP contribution in [0.2, 0.25) is 5.02 Å². The van der Waals surface area contributed by atoms with Crippen molar-refractivity contribution in [2.75, 3.05) is 9.80 Å². The topological polar surface area (TPSA) is 147 Å². The maximum atomic E-state index is 15.5. The molecule has 11 nitrogen and oxygen atoms in total. The van der Waals surface area contributed by atoms with Crippen LogP contribution in [0.25, 0.3) is 0 Å². The van der Waals surface area contributed by atoms with Gasteiger partial charge in [-0.1, -0.05) is 102 Å². The van der Waals surface area contributed by atoms with Crippen molar-refractivity contribution in [3.05, 3.63) is 171 Å². The summed E-state index contributed by atoms with van der Waals surface area (Å²) in [6.07, 6.45) is 2.07. The summed E-state index contributed by atoms with van der Waals surface area (Å²) in [7, 11) is 0. The van der Waals surface area contributed by atoms with Gasteiger partial charge in [-0.2, -0.15) is 0 Å². The average molecular weight is 780 g/mol. The molecule has 4 amide bonds. The number of imide groups is 2. The van der Waals surface area contributed by atoms with Crippen LogP contribution in [-0.2, 0) is 31.2 Å². The number of hydrogen-bond acceptors (Lipinski definition) is 8. The van der Waals surface area contributed by atoms with Crippen LogP contribution in [0.4, 0.5) is 17.1 Å². The van der Waals surface area contributed by atoms with Gasteiger partial charge in [-0.05, 0) is 60.2 Å². The number of non-ortho nitro benzene ring substituents is 1. The molecular formula is C45H34ClN3O8. The summed E-state index contributed by atoms with van der Waals surface area (Å²) in [5, 5.41) is 24.0. The third-order valence-electron chi connectivity index (χ3n) is 12.0. The van der Waals surface area contributed by atoms with Gasteiger partial charge in [0.1, 0.15) is 18.1 Å². The van der Waals surface area contributed by atoms with Gasteiger partial charge in [-0.3, -0.25) is 29.3 Å². The first-order chi connectivity index (χ1) is 27.6. The minimum atomic E-state index is -1.59. The van der Waals surface area contributed by atoms with Crippen molar-refractivity contribution in [3.8, 4) is 11.5 Å². The Bertz CT molecular complexity index is 2530. The number of phenolic OH excluding ortho intramolecular Hbond substituents is 1. The maximum absolute atomic E-state index is 15.5. The molecule has 12 heteroatoms. The van der Waals surface area contributed by atoms with E-state index < -0.39 is 63.6 Å². The second kappa shape index (κ2) is 13.9. The van der Waals surface area contributed by atoms with Crippen molar-refractivity contribution in [3.63, 3.8) is 0 Å². The number of phenols is 1. The number of hydrogen-bond donors (Lipinski definition) is 1. The largest absolute Gasteiger partial charge is 0.508 e. The highest BCUT2D eigenvalue weighted by Crippen LogP contribution is 2.65. The molecular weight excluding hydrogens is 746 g/mol. The Labute approximate surface area is 331 Å². The summed E-state index contributed by atoms with van der Waals surface area (Å²) >= 11 is 6.41. The van der Waals surface area contributed by atoms with Crippen LogP contribution >= 0.6 is 11.6 Å². The van der Waals surface area contributed by atoms with Crippen LogP contribution in [0.3, 0.4) is 0 Å². The van der Waals surface area contributed by atoms with Gasteiger partial charge in [0.05, 0.1) is 39.5 Å². The van der Waals surface area contributed by atoms with Crippen molar-refractivity contribution in [1.29, 1.82) is 0 Å². The summed E-state index contributed by atoms with van der Waals surface area (Å²) in [6.45, 7) is 0.244. The average Bonchev–Trinajstić information content (AvgIpc) is 3.61. The van der Waals surface area contributed by atoms with Crippen molar-refractivity contribution >= 4 is 52.3 Å². The number of carbonyl (C=O) groups is 4. The molecule has 6 atom stereocenters. The molecule has 0 bridgehead atoms. The Balaban J connectivity index is 1.21. The Morgan fingerprint density at radius 1 is 0.772 bits per heavy atom. The second-order valence-corrected chi connectivity index (χ2v) is 15.3. The first kappa shape index (κ1) is 36.1. The van der Waals surface area contributed by atoms with Gasteiger partial charge in [0.25, 0.3) is 5.69 Å². The number of nitro groups is 1. The lowest BCUT2D eigenvalue weighted by Gasteiger charge is -2.50. The van der Waals surface area contributed by atoms with Crippen LogP contribution in [0.1, 0.15) is 35.4 Å². The van der Waals surface area contributed by atoms with Gasteiger partial charge >= 0.3 is 0 Å². The molecule has 57 heavy (non-hydrogen) atoms. The summed E-state index contributed by atoms with van der Waals surface area (Å²) in [4.78, 5) is 72.5. The summed E-state index contributed by atoms with van der Waals surface area (Å²) in [5.41, 5.74) is 1.00. The molecule has 2 saturated heterocycles. The zero-order chi connectivity index (χ0) is 39.6. The van der Waals surface area contributed by atoms with Gasteiger partial charge in [0.2, 0.25) is 23.6 Å². The van der Waals surface area contributed by atoms with E-state index in [4.69, 9.17) is 16.3 Å². The number of nitrogens with zero attached hydrogens (tertiary/aromatic N) is 3. The van der Waals surface area contributed by atoms with E-state index in [1.54, 1.807) is 48.5 Å².